The van der Waals surface area contributed by atoms with E-state index in [2.05, 4.69) is 20.4 Å². The van der Waals surface area contributed by atoms with Crippen LogP contribution in [0, 0.1) is 11.8 Å². The summed E-state index contributed by atoms with van der Waals surface area (Å²) in [5.74, 6) is -2.18. The van der Waals surface area contributed by atoms with Gasteiger partial charge < -0.3 is 26.0 Å². The Balaban J connectivity index is 1.75. The molecule has 3 aromatic heterocycles. The van der Waals surface area contributed by atoms with Gasteiger partial charge in [0.2, 0.25) is 5.88 Å². The molecule has 12 nitrogen and oxygen atoms in total. The molecule has 1 aliphatic rings. The number of hydrogen-bond donors (Lipinski definition) is 4. The predicted molar refractivity (Wildman–Crippen MR) is 137 cm³/mol. The maximum atomic E-state index is 15.2. The van der Waals surface area contributed by atoms with E-state index in [4.69, 9.17) is 10.5 Å². The highest BCUT2D eigenvalue weighted by Gasteiger charge is 2.49. The van der Waals surface area contributed by atoms with Gasteiger partial charge in [-0.2, -0.15) is 18.3 Å². The maximum absolute atomic E-state index is 15.2. The highest BCUT2D eigenvalue weighted by atomic mass is 19.4. The Morgan fingerprint density at radius 3 is 2.56 bits per heavy atom. The van der Waals surface area contributed by atoms with E-state index >= 15 is 4.39 Å². The number of likely N-dealkylation sites (tertiary alicyclic amines) is 1. The first-order valence-corrected chi connectivity index (χ1v) is 12.6. The molecule has 5 N–H and O–H groups in total. The SMILES string of the molecule is COc1ncc(-c2cc(C(F)(F)F)c3c(N)ncnn23)cc1C(=O)N[C@@H]1[C@@H](C(CO)CC(C)C)N(C(=O)O)C[C@@H]1F. The number of alkyl halides is 4. The van der Waals surface area contributed by atoms with E-state index in [1.165, 1.54) is 19.4 Å². The zero-order chi connectivity index (χ0) is 30.2. The number of rotatable bonds is 8. The van der Waals surface area contributed by atoms with E-state index in [9.17, 15) is 33.0 Å². The third kappa shape index (κ3) is 5.68. The molecule has 0 aliphatic carbocycles. The van der Waals surface area contributed by atoms with Gasteiger partial charge in [-0.25, -0.2) is 23.7 Å². The van der Waals surface area contributed by atoms with Gasteiger partial charge in [0.15, 0.2) is 5.82 Å². The van der Waals surface area contributed by atoms with Crippen LogP contribution in [0.1, 0.15) is 36.2 Å². The standard InChI is InChI=1S/C25H29F4N7O5/c1-11(2)4-13(9-37)19-18(16(26)8-35(19)24(39)40)34-22(38)14-5-12(7-31-23(14)41-3)17-6-15(25(27,28)29)20-21(30)32-10-33-36(17)20/h5-7,10-11,13,16,18-19,37H,4,8-9H2,1-3H3,(H,34,38)(H,39,40)(H2,30,32,33)/t13?,16-,18-,19+/m0/s1. The first-order chi connectivity index (χ1) is 19.3. The second-order valence-corrected chi connectivity index (χ2v) is 10.1. The molecule has 1 fully saturated rings. The molecule has 3 aromatic rings. The van der Waals surface area contributed by atoms with Crippen LogP contribution in [0.4, 0.5) is 28.2 Å². The number of aliphatic hydroxyl groups excluding tert-OH is 1. The fraction of sp³-hybridized carbons (Fsp3) is 0.480. The van der Waals surface area contributed by atoms with Crippen molar-refractivity contribution in [1.29, 1.82) is 0 Å². The number of ether oxygens (including phenoxy) is 1. The van der Waals surface area contributed by atoms with Crippen molar-refractivity contribution in [3.05, 3.63) is 35.8 Å². The maximum Gasteiger partial charge on any atom is 0.418 e. The van der Waals surface area contributed by atoms with Gasteiger partial charge in [0.25, 0.3) is 5.91 Å². The molecule has 0 bridgehead atoms. The molecule has 0 radical (unpaired) electrons. The van der Waals surface area contributed by atoms with Crippen LogP contribution in [-0.4, -0.2) is 85.2 Å². The van der Waals surface area contributed by atoms with Crippen molar-refractivity contribution in [2.45, 2.75) is 44.7 Å². The molecule has 0 saturated carbocycles. The van der Waals surface area contributed by atoms with Gasteiger partial charge in [-0.05, 0) is 24.5 Å². The number of aliphatic hydroxyl groups is 1. The summed E-state index contributed by atoms with van der Waals surface area (Å²) in [4.78, 5) is 33.9. The number of hydrogen-bond acceptors (Lipinski definition) is 8. The highest BCUT2D eigenvalue weighted by Crippen LogP contribution is 2.39. The molecule has 4 atom stereocenters. The minimum absolute atomic E-state index is 0.0273. The minimum Gasteiger partial charge on any atom is -0.480 e. The van der Waals surface area contributed by atoms with Crippen LogP contribution in [0.2, 0.25) is 0 Å². The molecule has 1 unspecified atom stereocenters. The third-order valence-electron chi connectivity index (χ3n) is 7.00. The number of amides is 2. The summed E-state index contributed by atoms with van der Waals surface area (Å²) in [6.07, 6.45) is -5.50. The highest BCUT2D eigenvalue weighted by molar-refractivity contribution is 5.98. The lowest BCUT2D eigenvalue weighted by molar-refractivity contribution is -0.136. The van der Waals surface area contributed by atoms with E-state index in [0.29, 0.717) is 6.42 Å². The summed E-state index contributed by atoms with van der Waals surface area (Å²) in [5.41, 5.74) is 3.79. The summed E-state index contributed by atoms with van der Waals surface area (Å²) < 4.78 is 62.7. The molecule has 2 amide bonds. The predicted octanol–water partition coefficient (Wildman–Crippen LogP) is 2.85. The number of halogens is 4. The van der Waals surface area contributed by atoms with E-state index in [1.54, 1.807) is 0 Å². The molecular formula is C25H29F4N7O5. The number of nitrogens with two attached hydrogens (primary N) is 1. The molecule has 1 saturated heterocycles. The average molecular weight is 584 g/mol. The monoisotopic (exact) mass is 583 g/mol. The van der Waals surface area contributed by atoms with Crippen LogP contribution in [0.3, 0.4) is 0 Å². The minimum atomic E-state index is -4.80. The Morgan fingerprint density at radius 2 is 1.98 bits per heavy atom. The summed E-state index contributed by atoms with van der Waals surface area (Å²) in [6.45, 7) is 2.75. The van der Waals surface area contributed by atoms with Crippen LogP contribution >= 0.6 is 0 Å². The van der Waals surface area contributed by atoms with Gasteiger partial charge in [0.1, 0.15) is 23.6 Å². The summed E-state index contributed by atoms with van der Waals surface area (Å²) in [7, 11) is 1.22. The zero-order valence-corrected chi connectivity index (χ0v) is 22.3. The fourth-order valence-corrected chi connectivity index (χ4v) is 5.32. The number of aromatic nitrogens is 4. The molecule has 1 aliphatic heterocycles. The summed E-state index contributed by atoms with van der Waals surface area (Å²) >= 11 is 0. The van der Waals surface area contributed by atoms with E-state index in [1.807, 2.05) is 13.8 Å². The van der Waals surface area contributed by atoms with Gasteiger partial charge in [0.05, 0.1) is 37.0 Å². The molecule has 222 valence electrons. The number of carbonyl (C=O) groups excluding carboxylic acids is 1. The third-order valence-corrected chi connectivity index (χ3v) is 7.00. The number of nitrogens with zero attached hydrogens (tertiary/aromatic N) is 5. The Labute approximate surface area is 231 Å². The zero-order valence-electron chi connectivity index (χ0n) is 22.3. The van der Waals surface area contributed by atoms with Gasteiger partial charge in [-0.15, -0.1) is 0 Å². The van der Waals surface area contributed by atoms with Crippen LogP contribution in [0.25, 0.3) is 16.8 Å². The van der Waals surface area contributed by atoms with Gasteiger partial charge in [0, 0.05) is 24.3 Å². The largest absolute Gasteiger partial charge is 0.480 e. The molecule has 16 heteroatoms. The van der Waals surface area contributed by atoms with E-state index < -0.39 is 72.4 Å². The van der Waals surface area contributed by atoms with Gasteiger partial charge in [-0.3, -0.25) is 9.69 Å². The topological polar surface area (TPSA) is 168 Å². The molecule has 41 heavy (non-hydrogen) atoms. The number of methoxy groups -OCH3 is 1. The summed E-state index contributed by atoms with van der Waals surface area (Å²) in [5, 5.41) is 26.1. The second-order valence-electron chi connectivity index (χ2n) is 10.1. The second kappa shape index (κ2) is 11.3. The van der Waals surface area contributed by atoms with Crippen LogP contribution < -0.4 is 15.8 Å². The van der Waals surface area contributed by atoms with Crippen molar-refractivity contribution in [3.8, 4) is 17.1 Å². The number of anilines is 1. The Hall–Kier alpha value is -4.21. The Morgan fingerprint density at radius 1 is 1.27 bits per heavy atom. The number of fused-ring (bicyclic) bond motifs is 1. The van der Waals surface area contributed by atoms with Crippen molar-refractivity contribution < 1.29 is 42.1 Å². The normalized spacial score (nSPS) is 20.0. The number of nitrogens with one attached hydrogen (secondary N) is 1. The van der Waals surface area contributed by atoms with Crippen LogP contribution in [0.5, 0.6) is 5.88 Å². The Kier molecular flexibility index (Phi) is 8.24. The van der Waals surface area contributed by atoms with Crippen molar-refractivity contribution in [3.63, 3.8) is 0 Å². The number of carboxylic acid groups (broad SMARTS) is 1. The van der Waals surface area contributed by atoms with Crippen molar-refractivity contribution in [2.24, 2.45) is 11.8 Å². The van der Waals surface area contributed by atoms with Crippen molar-refractivity contribution in [1.82, 2.24) is 29.8 Å². The van der Waals surface area contributed by atoms with Crippen LogP contribution in [0.15, 0.2) is 24.7 Å². The van der Waals surface area contributed by atoms with E-state index in [0.717, 1.165) is 21.8 Å². The quantitative estimate of drug-likeness (QED) is 0.292. The summed E-state index contributed by atoms with van der Waals surface area (Å²) in [6, 6.07) is -0.421. The molecule has 4 rings (SSSR count). The average Bonchev–Trinajstić information content (AvgIpc) is 3.46. The molecule has 4 heterocycles. The molecule has 0 aromatic carbocycles. The fourth-order valence-electron chi connectivity index (χ4n) is 5.32. The van der Waals surface area contributed by atoms with Gasteiger partial charge in [-0.1, -0.05) is 13.8 Å². The first kappa shape index (κ1) is 29.8. The van der Waals surface area contributed by atoms with Crippen molar-refractivity contribution >= 4 is 23.3 Å². The lowest BCUT2D eigenvalue weighted by atomic mass is 9.87. The van der Waals surface area contributed by atoms with Gasteiger partial charge >= 0.3 is 12.3 Å². The van der Waals surface area contributed by atoms with Crippen LogP contribution in [-0.2, 0) is 6.18 Å². The number of pyridine rings is 1. The Bertz CT molecular complexity index is 1450. The lowest BCUT2D eigenvalue weighted by Crippen LogP contribution is -2.53. The smallest absolute Gasteiger partial charge is 0.418 e. The molecule has 0 spiro atoms. The number of nitrogen functional groups attached to an aromatic ring is 1. The van der Waals surface area contributed by atoms with E-state index in [-0.39, 0.29) is 28.6 Å². The number of carbonyl (C=O) groups is 2. The lowest BCUT2D eigenvalue weighted by Gasteiger charge is -2.33. The first-order valence-electron chi connectivity index (χ1n) is 12.6. The van der Waals surface area contributed by atoms with Crippen molar-refractivity contribution in [2.75, 3.05) is 26.0 Å². The molecular weight excluding hydrogens is 554 g/mol.